The number of aliphatic hydroxyl groups is 1. The van der Waals surface area contributed by atoms with Crippen LogP contribution < -0.4 is 4.90 Å². The summed E-state index contributed by atoms with van der Waals surface area (Å²) in [5.74, 6) is 0. The molecule has 2 aliphatic heterocycles. The lowest BCUT2D eigenvalue weighted by molar-refractivity contribution is 0.0685. The summed E-state index contributed by atoms with van der Waals surface area (Å²) < 4.78 is 6.94. The van der Waals surface area contributed by atoms with Crippen molar-refractivity contribution in [2.45, 2.75) is 71.6 Å². The van der Waals surface area contributed by atoms with Crippen molar-refractivity contribution >= 4 is 11.4 Å². The minimum absolute atomic E-state index is 0.202. The quantitative estimate of drug-likeness (QED) is 0.520. The fraction of sp³-hybridized carbons (Fsp3) is 0.652. The van der Waals surface area contributed by atoms with Crippen LogP contribution in [0.1, 0.15) is 67.9 Å². The molecule has 2 aliphatic rings. The van der Waals surface area contributed by atoms with Crippen LogP contribution in [0.4, 0.5) is 5.69 Å². The second kappa shape index (κ2) is 9.95. The molecule has 4 heterocycles. The lowest BCUT2D eigenvalue weighted by Crippen LogP contribution is -2.27. The van der Waals surface area contributed by atoms with E-state index in [-0.39, 0.29) is 12.1 Å². The van der Waals surface area contributed by atoms with E-state index >= 15 is 0 Å². The molecule has 2 aromatic rings. The van der Waals surface area contributed by atoms with E-state index in [2.05, 4.69) is 40.3 Å². The first-order valence-corrected chi connectivity index (χ1v) is 11.5. The van der Waals surface area contributed by atoms with E-state index < -0.39 is 6.10 Å². The molecule has 0 radical (unpaired) electrons. The Balaban J connectivity index is 1.34. The van der Waals surface area contributed by atoms with Crippen LogP contribution in [0.2, 0.25) is 0 Å². The third-order valence-electron chi connectivity index (χ3n) is 6.37. The van der Waals surface area contributed by atoms with E-state index in [4.69, 9.17) is 14.6 Å². The Hall–Kier alpha value is -2.52. The van der Waals surface area contributed by atoms with Gasteiger partial charge in [0.05, 0.1) is 36.5 Å². The van der Waals surface area contributed by atoms with E-state index in [1.54, 1.807) is 10.9 Å². The predicted molar refractivity (Wildman–Crippen MR) is 122 cm³/mol. The van der Waals surface area contributed by atoms with Crippen LogP contribution >= 0.6 is 0 Å². The van der Waals surface area contributed by atoms with Crippen LogP contribution in [0.15, 0.2) is 17.4 Å². The van der Waals surface area contributed by atoms with Crippen molar-refractivity contribution in [3.63, 3.8) is 0 Å². The Labute approximate surface area is 189 Å². The number of oxime groups is 1. The first kappa shape index (κ1) is 22.7. The molecule has 2 aromatic heterocycles. The van der Waals surface area contributed by atoms with Gasteiger partial charge < -0.3 is 19.6 Å². The van der Waals surface area contributed by atoms with Gasteiger partial charge in [-0.3, -0.25) is 4.98 Å². The third kappa shape index (κ3) is 5.10. The number of aryl methyl sites for hydroxylation is 3. The fourth-order valence-electron chi connectivity index (χ4n) is 4.13. The highest BCUT2D eigenvalue weighted by Crippen LogP contribution is 2.27. The first-order chi connectivity index (χ1) is 15.4. The third-order valence-corrected chi connectivity index (χ3v) is 6.37. The summed E-state index contributed by atoms with van der Waals surface area (Å²) in [5.41, 5.74) is 6.46. The zero-order valence-corrected chi connectivity index (χ0v) is 19.5. The zero-order valence-electron chi connectivity index (χ0n) is 19.5. The van der Waals surface area contributed by atoms with Crippen LogP contribution in [0, 0.1) is 13.8 Å². The van der Waals surface area contributed by atoms with Crippen molar-refractivity contribution in [1.29, 1.82) is 0 Å². The van der Waals surface area contributed by atoms with Crippen LogP contribution in [0.25, 0.3) is 0 Å². The van der Waals surface area contributed by atoms with Crippen molar-refractivity contribution in [1.82, 2.24) is 20.0 Å². The largest absolute Gasteiger partial charge is 0.388 e. The van der Waals surface area contributed by atoms with Gasteiger partial charge in [-0.25, -0.2) is 4.68 Å². The number of nitrogens with zero attached hydrogens (tertiary/aromatic N) is 6. The highest BCUT2D eigenvalue weighted by Gasteiger charge is 2.29. The average molecular weight is 443 g/mol. The monoisotopic (exact) mass is 442 g/mol. The highest BCUT2D eigenvalue weighted by molar-refractivity contribution is 5.81. The second-order valence-corrected chi connectivity index (χ2v) is 8.92. The van der Waals surface area contributed by atoms with Gasteiger partial charge in [0.2, 0.25) is 0 Å². The molecule has 9 nitrogen and oxygen atoms in total. The molecule has 0 spiro atoms. The molecule has 1 fully saturated rings. The summed E-state index contributed by atoms with van der Waals surface area (Å²) >= 11 is 0. The Morgan fingerprint density at radius 1 is 1.34 bits per heavy atom. The number of hydrogen-bond acceptors (Lipinski definition) is 8. The maximum absolute atomic E-state index is 9.97. The molecule has 32 heavy (non-hydrogen) atoms. The number of fused-ring (bicyclic) bond motifs is 1. The molecule has 174 valence electrons. The van der Waals surface area contributed by atoms with Gasteiger partial charge in [-0.2, -0.15) is 0 Å². The smallest absolute Gasteiger partial charge is 0.169 e. The number of pyridine rings is 1. The Bertz CT molecular complexity index is 959. The standard InChI is InChI=1S/C23H34N6O3/c1-15-11-21-19(24-17(15)3)7-5-6-9-28(21)10-8-16(2)26-32-18(4)20-12-29(27-25-20)22-13-31-14-23(22)30/h11-12,18,22-23,30H,5-10,13-14H2,1-4H3/b26-16+/t18-,22+,23-/m0/s1. The van der Waals surface area contributed by atoms with Crippen molar-refractivity contribution in [2.75, 3.05) is 31.2 Å². The number of aliphatic hydroxyl groups excluding tert-OH is 1. The first-order valence-electron chi connectivity index (χ1n) is 11.5. The van der Waals surface area contributed by atoms with Gasteiger partial charge in [0, 0.05) is 25.2 Å². The van der Waals surface area contributed by atoms with Gasteiger partial charge in [0.25, 0.3) is 0 Å². The Morgan fingerprint density at radius 2 is 2.19 bits per heavy atom. The highest BCUT2D eigenvalue weighted by atomic mass is 16.6. The summed E-state index contributed by atoms with van der Waals surface area (Å²) in [4.78, 5) is 13.0. The molecule has 4 rings (SSSR count). The van der Waals surface area contributed by atoms with Crippen molar-refractivity contribution in [3.8, 4) is 0 Å². The summed E-state index contributed by atoms with van der Waals surface area (Å²) in [6.45, 7) is 10.8. The van der Waals surface area contributed by atoms with Gasteiger partial charge in [0.1, 0.15) is 17.8 Å². The number of hydrogen-bond donors (Lipinski definition) is 1. The van der Waals surface area contributed by atoms with Gasteiger partial charge >= 0.3 is 0 Å². The lowest BCUT2D eigenvalue weighted by atomic mass is 10.1. The van der Waals surface area contributed by atoms with Gasteiger partial charge in [-0.05, 0) is 58.6 Å². The minimum Gasteiger partial charge on any atom is -0.388 e. The van der Waals surface area contributed by atoms with Crippen molar-refractivity contribution in [3.05, 3.63) is 34.9 Å². The molecule has 0 aromatic carbocycles. The molecule has 0 aliphatic carbocycles. The SMILES string of the molecule is C/C(CCN1CCCCc2nc(C)c(C)cc21)=N\O[C@@H](C)c1cn([C@@H]2COC[C@@H]2O)nn1. The van der Waals surface area contributed by atoms with E-state index in [0.29, 0.717) is 18.9 Å². The molecule has 3 atom stereocenters. The summed E-state index contributed by atoms with van der Waals surface area (Å²) in [5, 5.41) is 22.6. The van der Waals surface area contributed by atoms with Crippen molar-refractivity contribution in [2.24, 2.45) is 5.16 Å². The normalized spacial score (nSPS) is 22.5. The predicted octanol–water partition coefficient (Wildman–Crippen LogP) is 2.91. The number of rotatable bonds is 7. The van der Waals surface area contributed by atoms with Crippen LogP contribution in [0.5, 0.6) is 0 Å². The van der Waals surface area contributed by atoms with Crippen molar-refractivity contribution < 1.29 is 14.7 Å². The minimum atomic E-state index is -0.562. The average Bonchev–Trinajstić information content (AvgIpc) is 3.38. The molecular weight excluding hydrogens is 408 g/mol. The van der Waals surface area contributed by atoms with Crippen LogP contribution in [0.3, 0.4) is 0 Å². The molecular formula is C23H34N6O3. The molecule has 9 heteroatoms. The number of anilines is 1. The van der Waals surface area contributed by atoms with E-state index in [0.717, 1.165) is 37.3 Å². The topological polar surface area (TPSA) is 97.9 Å². The molecule has 1 N–H and O–H groups in total. The summed E-state index contributed by atoms with van der Waals surface area (Å²) in [6.07, 6.45) is 5.12. The van der Waals surface area contributed by atoms with Gasteiger partial charge in [-0.15, -0.1) is 5.10 Å². The maximum Gasteiger partial charge on any atom is 0.169 e. The molecule has 0 unspecified atom stereocenters. The Kier molecular flexibility index (Phi) is 7.05. The lowest BCUT2D eigenvalue weighted by Gasteiger charge is -2.25. The van der Waals surface area contributed by atoms with E-state index in [1.165, 1.54) is 29.8 Å². The molecule has 0 bridgehead atoms. The van der Waals surface area contributed by atoms with Crippen LogP contribution in [-0.4, -0.2) is 63.2 Å². The maximum atomic E-state index is 9.97. The summed E-state index contributed by atoms with van der Waals surface area (Å²) in [6, 6.07) is 2.08. The van der Waals surface area contributed by atoms with E-state index in [1.807, 2.05) is 13.8 Å². The number of ether oxygens (including phenoxy) is 1. The van der Waals surface area contributed by atoms with Crippen LogP contribution in [-0.2, 0) is 16.0 Å². The number of aromatic nitrogens is 4. The fourth-order valence-corrected chi connectivity index (χ4v) is 4.13. The van der Waals surface area contributed by atoms with Gasteiger partial charge in [0.15, 0.2) is 6.10 Å². The van der Waals surface area contributed by atoms with Gasteiger partial charge in [-0.1, -0.05) is 10.4 Å². The molecule has 1 saturated heterocycles. The Morgan fingerprint density at radius 3 is 2.97 bits per heavy atom. The second-order valence-electron chi connectivity index (χ2n) is 8.92. The molecule has 0 amide bonds. The van der Waals surface area contributed by atoms with E-state index in [9.17, 15) is 5.11 Å². The molecule has 0 saturated carbocycles. The summed E-state index contributed by atoms with van der Waals surface area (Å²) in [7, 11) is 0. The zero-order chi connectivity index (χ0) is 22.7.